The Labute approximate surface area is 112 Å². The van der Waals surface area contributed by atoms with Crippen LogP contribution in [0, 0.1) is 6.92 Å². The number of hydrogen-bond acceptors (Lipinski definition) is 6. The molecule has 0 spiro atoms. The van der Waals surface area contributed by atoms with Gasteiger partial charge in [-0.2, -0.15) is 11.8 Å². The minimum absolute atomic E-state index is 0.0178. The number of nitrogen functional groups attached to an aromatic ring is 1. The van der Waals surface area contributed by atoms with Crippen molar-refractivity contribution in [3.05, 3.63) is 17.1 Å². The van der Waals surface area contributed by atoms with E-state index >= 15 is 0 Å². The molecule has 1 fully saturated rings. The van der Waals surface area contributed by atoms with Gasteiger partial charge in [0, 0.05) is 22.8 Å². The lowest BCUT2D eigenvalue weighted by molar-refractivity contribution is 0.0693. The van der Waals surface area contributed by atoms with E-state index < -0.39 is 0 Å². The molecule has 3 N–H and O–H groups in total. The van der Waals surface area contributed by atoms with Crippen LogP contribution < -0.4 is 11.3 Å². The van der Waals surface area contributed by atoms with E-state index in [2.05, 4.69) is 29.2 Å². The highest BCUT2D eigenvalue weighted by Gasteiger charge is 2.22. The Morgan fingerprint density at radius 1 is 1.44 bits per heavy atom. The van der Waals surface area contributed by atoms with Crippen LogP contribution in [0.2, 0.25) is 0 Å². The number of nitrogens with one attached hydrogen (secondary N) is 1. The van der Waals surface area contributed by atoms with Crippen molar-refractivity contribution in [1.82, 2.24) is 9.97 Å². The van der Waals surface area contributed by atoms with Gasteiger partial charge in [-0.05, 0) is 12.8 Å². The van der Waals surface area contributed by atoms with Crippen LogP contribution in [-0.4, -0.2) is 28.1 Å². The number of hydrogen-bond donors (Lipinski definition) is 2. The zero-order chi connectivity index (χ0) is 13.1. The summed E-state index contributed by atoms with van der Waals surface area (Å²) in [6.07, 6.45) is -0.0178. The van der Waals surface area contributed by atoms with E-state index in [1.165, 1.54) is 0 Å². The fraction of sp³-hybridized carbons (Fsp3) is 0.667. The molecule has 1 aromatic rings. The summed E-state index contributed by atoms with van der Waals surface area (Å²) in [6, 6.07) is 0. The third-order valence-corrected chi connectivity index (χ3v) is 3.97. The summed E-state index contributed by atoms with van der Waals surface area (Å²) in [7, 11) is 0. The molecule has 5 nitrogen and oxygen atoms in total. The molecule has 6 heteroatoms. The van der Waals surface area contributed by atoms with E-state index in [1.807, 2.05) is 18.7 Å². The van der Waals surface area contributed by atoms with Crippen LogP contribution in [0.3, 0.4) is 0 Å². The molecule has 1 aliphatic heterocycles. The molecule has 0 saturated carbocycles. The lowest BCUT2D eigenvalue weighted by atomic mass is 10.0. The lowest BCUT2D eigenvalue weighted by Gasteiger charge is -2.23. The van der Waals surface area contributed by atoms with Gasteiger partial charge in [-0.15, -0.1) is 0 Å². The van der Waals surface area contributed by atoms with Gasteiger partial charge >= 0.3 is 0 Å². The predicted octanol–water partition coefficient (Wildman–Crippen LogP) is 2.00. The average molecular weight is 268 g/mol. The molecule has 0 aliphatic carbocycles. The third kappa shape index (κ3) is 2.76. The van der Waals surface area contributed by atoms with Crippen LogP contribution in [0.15, 0.2) is 0 Å². The first-order valence-electron chi connectivity index (χ1n) is 6.18. The average Bonchev–Trinajstić information content (AvgIpc) is 2.38. The zero-order valence-corrected chi connectivity index (χ0v) is 11.9. The second-order valence-corrected chi connectivity index (χ2v) is 5.81. The Morgan fingerprint density at radius 2 is 2.22 bits per heavy atom. The van der Waals surface area contributed by atoms with Crippen molar-refractivity contribution in [3.63, 3.8) is 0 Å². The first kappa shape index (κ1) is 13.6. The molecule has 2 rings (SSSR count). The maximum atomic E-state index is 5.70. The van der Waals surface area contributed by atoms with Gasteiger partial charge in [0.25, 0.3) is 0 Å². The summed E-state index contributed by atoms with van der Waals surface area (Å²) in [4.78, 5) is 9.09. The lowest BCUT2D eigenvalue weighted by Crippen LogP contribution is -2.21. The molecule has 1 aromatic heterocycles. The monoisotopic (exact) mass is 268 g/mol. The Balaban J connectivity index is 2.35. The van der Waals surface area contributed by atoms with E-state index in [-0.39, 0.29) is 6.10 Å². The number of anilines is 1. The molecule has 0 aromatic carbocycles. The summed E-state index contributed by atoms with van der Waals surface area (Å²) >= 11 is 1.87. The second kappa shape index (κ2) is 5.86. The molecule has 2 heterocycles. The van der Waals surface area contributed by atoms with Crippen LogP contribution in [0.1, 0.15) is 43.0 Å². The number of nitrogens with zero attached hydrogens (tertiary/aromatic N) is 2. The van der Waals surface area contributed by atoms with Gasteiger partial charge in [-0.1, -0.05) is 13.8 Å². The molecule has 100 valence electrons. The Morgan fingerprint density at radius 3 is 2.78 bits per heavy atom. The summed E-state index contributed by atoms with van der Waals surface area (Å²) in [5.41, 5.74) is 4.73. The van der Waals surface area contributed by atoms with Crippen molar-refractivity contribution in [3.8, 4) is 0 Å². The quantitative estimate of drug-likeness (QED) is 0.645. The topological polar surface area (TPSA) is 73.1 Å². The van der Waals surface area contributed by atoms with E-state index in [9.17, 15) is 0 Å². The van der Waals surface area contributed by atoms with Gasteiger partial charge < -0.3 is 10.2 Å². The molecule has 0 bridgehead atoms. The number of aryl methyl sites for hydroxylation is 1. The van der Waals surface area contributed by atoms with Gasteiger partial charge in [0.1, 0.15) is 11.9 Å². The van der Waals surface area contributed by atoms with Gasteiger partial charge in [0.2, 0.25) is 0 Å². The Kier molecular flexibility index (Phi) is 4.42. The number of rotatable bonds is 3. The SMILES string of the molecule is Cc1nc(C2CSCCO2)nc(NN)c1C(C)C. The van der Waals surface area contributed by atoms with Crippen molar-refractivity contribution in [1.29, 1.82) is 0 Å². The van der Waals surface area contributed by atoms with Crippen molar-refractivity contribution >= 4 is 17.6 Å². The zero-order valence-electron chi connectivity index (χ0n) is 11.1. The number of nitrogens with two attached hydrogens (primary N) is 1. The third-order valence-electron chi connectivity index (χ3n) is 2.97. The fourth-order valence-electron chi connectivity index (χ4n) is 2.19. The van der Waals surface area contributed by atoms with Crippen molar-refractivity contribution in [2.45, 2.75) is 32.8 Å². The smallest absolute Gasteiger partial charge is 0.160 e. The molecule has 0 radical (unpaired) electrons. The molecular formula is C12H20N4OS. The van der Waals surface area contributed by atoms with E-state index in [0.717, 1.165) is 35.2 Å². The van der Waals surface area contributed by atoms with Crippen LogP contribution in [-0.2, 0) is 4.74 Å². The highest BCUT2D eigenvalue weighted by atomic mass is 32.2. The largest absolute Gasteiger partial charge is 0.368 e. The van der Waals surface area contributed by atoms with E-state index in [0.29, 0.717) is 11.7 Å². The number of ether oxygens (including phenoxy) is 1. The normalized spacial score (nSPS) is 20.2. The van der Waals surface area contributed by atoms with Crippen molar-refractivity contribution in [2.75, 3.05) is 23.5 Å². The molecule has 18 heavy (non-hydrogen) atoms. The van der Waals surface area contributed by atoms with Crippen LogP contribution in [0.25, 0.3) is 0 Å². The summed E-state index contributed by atoms with van der Waals surface area (Å²) in [5, 5.41) is 0. The van der Waals surface area contributed by atoms with E-state index in [1.54, 1.807) is 0 Å². The van der Waals surface area contributed by atoms with Crippen molar-refractivity contribution < 1.29 is 4.74 Å². The molecular weight excluding hydrogens is 248 g/mol. The summed E-state index contributed by atoms with van der Waals surface area (Å²) in [6.45, 7) is 6.98. The first-order chi connectivity index (χ1) is 8.63. The summed E-state index contributed by atoms with van der Waals surface area (Å²) in [5.74, 6) is 9.31. The number of thioether (sulfide) groups is 1. The van der Waals surface area contributed by atoms with E-state index in [4.69, 9.17) is 10.6 Å². The van der Waals surface area contributed by atoms with Gasteiger partial charge in [-0.3, -0.25) is 0 Å². The fourth-order valence-corrected chi connectivity index (χ4v) is 3.03. The van der Waals surface area contributed by atoms with Gasteiger partial charge in [-0.25, -0.2) is 15.8 Å². The Hall–Kier alpha value is -0.850. The molecule has 0 amide bonds. The Bertz CT molecular complexity index is 419. The van der Waals surface area contributed by atoms with Gasteiger partial charge in [0.15, 0.2) is 5.82 Å². The number of hydrazine groups is 1. The molecule has 1 unspecified atom stereocenters. The molecule has 1 aliphatic rings. The maximum absolute atomic E-state index is 5.70. The summed E-state index contributed by atoms with van der Waals surface area (Å²) < 4.78 is 5.70. The highest BCUT2D eigenvalue weighted by Crippen LogP contribution is 2.29. The molecule has 1 atom stereocenters. The van der Waals surface area contributed by atoms with Crippen LogP contribution >= 0.6 is 11.8 Å². The van der Waals surface area contributed by atoms with Gasteiger partial charge in [0.05, 0.1) is 6.61 Å². The number of aromatic nitrogens is 2. The standard InChI is InChI=1S/C12H20N4OS/c1-7(2)10-8(3)14-11(15-12(10)16-13)9-6-18-5-4-17-9/h7,9H,4-6,13H2,1-3H3,(H,14,15,16). The minimum Gasteiger partial charge on any atom is -0.368 e. The second-order valence-electron chi connectivity index (χ2n) is 4.66. The predicted molar refractivity (Wildman–Crippen MR) is 74.7 cm³/mol. The van der Waals surface area contributed by atoms with Crippen LogP contribution in [0.5, 0.6) is 0 Å². The first-order valence-corrected chi connectivity index (χ1v) is 7.33. The molecule has 1 saturated heterocycles. The van der Waals surface area contributed by atoms with Crippen LogP contribution in [0.4, 0.5) is 5.82 Å². The van der Waals surface area contributed by atoms with Crippen molar-refractivity contribution in [2.24, 2.45) is 5.84 Å². The highest BCUT2D eigenvalue weighted by molar-refractivity contribution is 7.99. The maximum Gasteiger partial charge on any atom is 0.160 e. The minimum atomic E-state index is -0.0178.